The zero-order valence-electron chi connectivity index (χ0n) is 11.4. The first-order valence-electron chi connectivity index (χ1n) is 6.49. The summed E-state index contributed by atoms with van der Waals surface area (Å²) in [5.74, 6) is 0.433. The van der Waals surface area contributed by atoms with Gasteiger partial charge in [0.15, 0.2) is 0 Å². The van der Waals surface area contributed by atoms with Gasteiger partial charge in [-0.25, -0.2) is 0 Å². The molecule has 0 spiro atoms. The summed E-state index contributed by atoms with van der Waals surface area (Å²) < 4.78 is 5.08. The van der Waals surface area contributed by atoms with Crippen molar-refractivity contribution in [2.24, 2.45) is 5.92 Å². The molecule has 0 aliphatic carbocycles. The van der Waals surface area contributed by atoms with E-state index in [1.165, 1.54) is 0 Å². The van der Waals surface area contributed by atoms with E-state index in [1.807, 2.05) is 6.92 Å². The smallest absolute Gasteiger partial charge is 0.323 e. The van der Waals surface area contributed by atoms with Crippen LogP contribution in [-0.2, 0) is 9.53 Å². The number of ether oxygens (including phenoxy) is 1. The van der Waals surface area contributed by atoms with Crippen LogP contribution in [0, 0.1) is 5.92 Å². The number of hydrogen-bond donors (Lipinski definition) is 1. The molecule has 3 nitrogen and oxygen atoms in total. The minimum atomic E-state index is -0.141. The second kappa shape index (κ2) is 8.57. The van der Waals surface area contributed by atoms with Crippen LogP contribution in [0.4, 0.5) is 0 Å². The molecule has 2 unspecified atom stereocenters. The molecule has 1 N–H and O–H groups in total. The Morgan fingerprint density at radius 3 is 2.25 bits per heavy atom. The molecule has 96 valence electrons. The van der Waals surface area contributed by atoms with Crippen molar-refractivity contribution in [3.63, 3.8) is 0 Å². The first kappa shape index (κ1) is 15.4. The van der Waals surface area contributed by atoms with E-state index in [1.54, 1.807) is 0 Å². The Hall–Kier alpha value is -0.570. The maximum atomic E-state index is 11.7. The Bertz CT molecular complexity index is 192. The quantitative estimate of drug-likeness (QED) is 0.650. The maximum Gasteiger partial charge on any atom is 0.323 e. The molecule has 0 aromatic rings. The SMILES string of the molecule is CCCC(NC(CC)C(C)C)C(=O)OCC. The van der Waals surface area contributed by atoms with E-state index in [0.717, 1.165) is 19.3 Å². The lowest BCUT2D eigenvalue weighted by Crippen LogP contribution is -2.46. The van der Waals surface area contributed by atoms with Gasteiger partial charge in [0, 0.05) is 6.04 Å². The molecule has 2 atom stereocenters. The van der Waals surface area contributed by atoms with E-state index >= 15 is 0 Å². The van der Waals surface area contributed by atoms with E-state index in [0.29, 0.717) is 18.6 Å². The number of rotatable bonds is 8. The van der Waals surface area contributed by atoms with Gasteiger partial charge in [0.05, 0.1) is 6.61 Å². The Labute approximate surface area is 99.9 Å². The molecule has 0 heterocycles. The van der Waals surface area contributed by atoms with Crippen LogP contribution in [0.3, 0.4) is 0 Å². The molecule has 3 heteroatoms. The van der Waals surface area contributed by atoms with Gasteiger partial charge in [0.2, 0.25) is 0 Å². The first-order valence-corrected chi connectivity index (χ1v) is 6.49. The van der Waals surface area contributed by atoms with Gasteiger partial charge in [-0.3, -0.25) is 4.79 Å². The monoisotopic (exact) mass is 229 g/mol. The largest absolute Gasteiger partial charge is 0.465 e. The van der Waals surface area contributed by atoms with Crippen molar-refractivity contribution in [2.45, 2.75) is 66.0 Å². The number of nitrogens with one attached hydrogen (secondary N) is 1. The van der Waals surface area contributed by atoms with Crippen LogP contribution in [0.2, 0.25) is 0 Å². The topological polar surface area (TPSA) is 38.3 Å². The highest BCUT2D eigenvalue weighted by atomic mass is 16.5. The van der Waals surface area contributed by atoms with E-state index in [4.69, 9.17) is 4.74 Å². The summed E-state index contributed by atoms with van der Waals surface area (Å²) in [6.07, 6.45) is 2.88. The van der Waals surface area contributed by atoms with Gasteiger partial charge in [-0.15, -0.1) is 0 Å². The average Bonchev–Trinajstić information content (AvgIpc) is 2.23. The average molecular weight is 229 g/mol. The van der Waals surface area contributed by atoms with Gasteiger partial charge >= 0.3 is 5.97 Å². The molecule has 0 rings (SSSR count). The van der Waals surface area contributed by atoms with Crippen LogP contribution in [-0.4, -0.2) is 24.7 Å². The molecule has 0 radical (unpaired) electrons. The van der Waals surface area contributed by atoms with Crippen molar-refractivity contribution in [1.29, 1.82) is 0 Å². The summed E-state index contributed by atoms with van der Waals surface area (Å²) in [6, 6.07) is 0.248. The van der Waals surface area contributed by atoms with Crippen molar-refractivity contribution in [1.82, 2.24) is 5.32 Å². The van der Waals surface area contributed by atoms with Crippen LogP contribution < -0.4 is 5.32 Å². The third-order valence-corrected chi connectivity index (χ3v) is 2.81. The highest BCUT2D eigenvalue weighted by Gasteiger charge is 2.22. The first-order chi connectivity index (χ1) is 7.56. The molecule has 0 saturated carbocycles. The molecule has 0 bridgehead atoms. The zero-order chi connectivity index (χ0) is 12.6. The summed E-state index contributed by atoms with van der Waals surface area (Å²) in [5.41, 5.74) is 0. The summed E-state index contributed by atoms with van der Waals surface area (Å²) in [6.45, 7) is 10.9. The highest BCUT2D eigenvalue weighted by Crippen LogP contribution is 2.09. The fourth-order valence-electron chi connectivity index (χ4n) is 1.84. The van der Waals surface area contributed by atoms with Crippen LogP contribution in [0.25, 0.3) is 0 Å². The molecular formula is C13H27NO2. The Balaban J connectivity index is 4.35. The van der Waals surface area contributed by atoms with Crippen molar-refractivity contribution in [3.05, 3.63) is 0 Å². The minimum absolute atomic E-state index is 0.108. The van der Waals surface area contributed by atoms with Crippen LogP contribution in [0.5, 0.6) is 0 Å². The van der Waals surface area contributed by atoms with Crippen LogP contribution in [0.15, 0.2) is 0 Å². The molecule has 0 saturated heterocycles. The fourth-order valence-corrected chi connectivity index (χ4v) is 1.84. The van der Waals surface area contributed by atoms with Gasteiger partial charge in [0.1, 0.15) is 6.04 Å². The minimum Gasteiger partial charge on any atom is -0.465 e. The van der Waals surface area contributed by atoms with Crippen LogP contribution >= 0.6 is 0 Å². The lowest BCUT2D eigenvalue weighted by atomic mass is 10.00. The Morgan fingerprint density at radius 2 is 1.88 bits per heavy atom. The Morgan fingerprint density at radius 1 is 1.25 bits per heavy atom. The Kier molecular flexibility index (Phi) is 8.26. The highest BCUT2D eigenvalue weighted by molar-refractivity contribution is 5.75. The summed E-state index contributed by atoms with van der Waals surface area (Å²) >= 11 is 0. The lowest BCUT2D eigenvalue weighted by Gasteiger charge is -2.26. The molecule has 0 amide bonds. The predicted molar refractivity (Wildman–Crippen MR) is 67.4 cm³/mol. The van der Waals surface area contributed by atoms with Crippen molar-refractivity contribution in [2.75, 3.05) is 6.61 Å². The molecule has 0 fully saturated rings. The van der Waals surface area contributed by atoms with E-state index < -0.39 is 0 Å². The number of carbonyl (C=O) groups is 1. The van der Waals surface area contributed by atoms with Gasteiger partial charge in [-0.1, -0.05) is 34.1 Å². The maximum absolute atomic E-state index is 11.7. The van der Waals surface area contributed by atoms with E-state index in [2.05, 4.69) is 33.0 Å². The normalized spacial score (nSPS) is 14.9. The fraction of sp³-hybridized carbons (Fsp3) is 0.923. The molecule has 0 aromatic carbocycles. The summed E-state index contributed by atoms with van der Waals surface area (Å²) in [7, 11) is 0. The van der Waals surface area contributed by atoms with Crippen molar-refractivity contribution in [3.8, 4) is 0 Å². The molecule has 0 aliphatic heterocycles. The number of esters is 1. The van der Waals surface area contributed by atoms with Crippen LogP contribution in [0.1, 0.15) is 53.9 Å². The molecule has 0 aliphatic rings. The van der Waals surface area contributed by atoms with Gasteiger partial charge in [0.25, 0.3) is 0 Å². The number of carbonyl (C=O) groups excluding carboxylic acids is 1. The summed E-state index contributed by atoms with van der Waals surface area (Å²) in [4.78, 5) is 11.7. The molecular weight excluding hydrogens is 202 g/mol. The summed E-state index contributed by atoms with van der Waals surface area (Å²) in [5, 5.41) is 3.41. The molecule has 0 aromatic heterocycles. The van der Waals surface area contributed by atoms with E-state index in [-0.39, 0.29) is 12.0 Å². The van der Waals surface area contributed by atoms with Gasteiger partial charge in [-0.2, -0.15) is 0 Å². The van der Waals surface area contributed by atoms with Crippen molar-refractivity contribution >= 4 is 5.97 Å². The second-order valence-electron chi connectivity index (χ2n) is 4.52. The third kappa shape index (κ3) is 5.50. The predicted octanol–water partition coefficient (Wildman–Crippen LogP) is 2.74. The van der Waals surface area contributed by atoms with Gasteiger partial charge < -0.3 is 10.1 Å². The molecule has 16 heavy (non-hydrogen) atoms. The zero-order valence-corrected chi connectivity index (χ0v) is 11.4. The number of hydrogen-bond acceptors (Lipinski definition) is 3. The second-order valence-corrected chi connectivity index (χ2v) is 4.52. The van der Waals surface area contributed by atoms with Gasteiger partial charge in [-0.05, 0) is 25.7 Å². The third-order valence-electron chi connectivity index (χ3n) is 2.81. The standard InChI is InChI=1S/C13H27NO2/c1-6-9-12(13(15)16-8-3)14-11(7-2)10(4)5/h10-12,14H,6-9H2,1-5H3. The van der Waals surface area contributed by atoms with E-state index in [9.17, 15) is 4.79 Å². The lowest BCUT2D eigenvalue weighted by molar-refractivity contribution is -0.146. The van der Waals surface area contributed by atoms with Crippen molar-refractivity contribution < 1.29 is 9.53 Å².